The van der Waals surface area contributed by atoms with Crippen molar-refractivity contribution in [3.8, 4) is 0 Å². The van der Waals surface area contributed by atoms with Gasteiger partial charge in [0.25, 0.3) is 0 Å². The summed E-state index contributed by atoms with van der Waals surface area (Å²) in [7, 11) is 0. The second kappa shape index (κ2) is 16.0. The third kappa shape index (κ3) is 15.0. The van der Waals surface area contributed by atoms with Gasteiger partial charge in [0.1, 0.15) is 0 Å². The normalized spacial score (nSPS) is 20.4. The van der Waals surface area contributed by atoms with E-state index in [1.165, 1.54) is 15.0 Å². The Labute approximate surface area is 162 Å². The molecule has 2 rings (SSSR count). The van der Waals surface area contributed by atoms with Crippen molar-refractivity contribution < 1.29 is 44.8 Å². The predicted octanol–water partition coefficient (Wildman–Crippen LogP) is -0.583. The van der Waals surface area contributed by atoms with Gasteiger partial charge >= 0.3 is 37.6 Å². The molecule has 0 aromatic rings. The van der Waals surface area contributed by atoms with Crippen molar-refractivity contribution >= 4 is 3.81 Å². The van der Waals surface area contributed by atoms with E-state index in [9.17, 15) is 0 Å². The predicted molar refractivity (Wildman–Crippen MR) is 87.1 cm³/mol. The van der Waals surface area contributed by atoms with Gasteiger partial charge < -0.3 is 24.8 Å². The SMILES string of the molecule is CCC1=CC(C)[C-]=C1.CCC1=CC(C)[C-]=C1.C[C](C)=[Ti+2].[Cl-].[Cl-]. The van der Waals surface area contributed by atoms with Gasteiger partial charge in [0, 0.05) is 0 Å². The molecule has 0 spiro atoms. The average Bonchev–Trinajstić information content (AvgIpc) is 2.97. The molecule has 0 saturated carbocycles. The number of hydrogen-bond donors (Lipinski definition) is 0. The molecule has 0 N–H and O–H groups in total. The standard InChI is InChI=1S/2C8H11.C3H6.2ClH.Ti/c2*1-3-8-5-4-7(2)6-8;1-3-2;;;/h2*5-7H,3H2,1-2H3;1-2H3;2*1H;/q2*-1;;;;+2/p-2. The van der Waals surface area contributed by atoms with Gasteiger partial charge in [-0.2, -0.15) is 12.2 Å². The van der Waals surface area contributed by atoms with E-state index in [4.69, 9.17) is 0 Å². The fourth-order valence-corrected chi connectivity index (χ4v) is 1.75. The molecule has 0 bridgehead atoms. The van der Waals surface area contributed by atoms with Crippen LogP contribution in [-0.2, 0) is 20.0 Å². The molecular weight excluding hydrogens is 347 g/mol. The molecule has 124 valence electrons. The summed E-state index contributed by atoms with van der Waals surface area (Å²) in [6.45, 7) is 12.8. The van der Waals surface area contributed by atoms with Gasteiger partial charge in [-0.25, -0.2) is 23.3 Å². The summed E-state index contributed by atoms with van der Waals surface area (Å²) in [5, 5.41) is 0. The van der Waals surface area contributed by atoms with E-state index >= 15 is 0 Å². The van der Waals surface area contributed by atoms with Crippen LogP contribution in [0.1, 0.15) is 54.4 Å². The molecule has 0 heterocycles. The molecular formula is C19H28Cl2Ti-2. The second-order valence-electron chi connectivity index (χ2n) is 5.39. The first-order valence-electron chi connectivity index (χ1n) is 7.50. The Balaban J connectivity index is -0.000000249. The molecule has 0 aromatic carbocycles. The van der Waals surface area contributed by atoms with Crippen LogP contribution in [0.4, 0.5) is 0 Å². The van der Waals surface area contributed by atoms with Crippen LogP contribution in [0.15, 0.2) is 35.5 Å². The first kappa shape index (κ1) is 27.0. The summed E-state index contributed by atoms with van der Waals surface area (Å²) in [5.41, 5.74) is 2.86. The first-order valence-corrected chi connectivity index (χ1v) is 8.28. The molecule has 0 aliphatic heterocycles. The van der Waals surface area contributed by atoms with Crippen LogP contribution < -0.4 is 24.8 Å². The summed E-state index contributed by atoms with van der Waals surface area (Å²) in [4.78, 5) is 0. The minimum Gasteiger partial charge on any atom is -1.00 e. The van der Waals surface area contributed by atoms with E-state index in [2.05, 4.69) is 98.0 Å². The Kier molecular flexibility index (Phi) is 19.6. The smallest absolute Gasteiger partial charge is 1.00 e. The van der Waals surface area contributed by atoms with E-state index in [0.29, 0.717) is 11.8 Å². The van der Waals surface area contributed by atoms with Gasteiger partial charge in [-0.3, -0.25) is 12.2 Å². The Bertz CT molecular complexity index is 379. The second-order valence-corrected chi connectivity index (χ2v) is 6.95. The van der Waals surface area contributed by atoms with Crippen molar-refractivity contribution in [1.82, 2.24) is 0 Å². The summed E-state index contributed by atoms with van der Waals surface area (Å²) in [5.74, 6) is 1.12. The third-order valence-electron chi connectivity index (χ3n) is 2.81. The van der Waals surface area contributed by atoms with Gasteiger partial charge in [-0.1, -0.05) is 52.4 Å². The third-order valence-corrected chi connectivity index (χ3v) is 2.81. The molecule has 2 aliphatic rings. The number of hydrogen-bond acceptors (Lipinski definition) is 0. The van der Waals surface area contributed by atoms with Crippen molar-refractivity contribution in [2.45, 2.75) is 54.4 Å². The van der Waals surface area contributed by atoms with Gasteiger partial charge in [0.05, 0.1) is 0 Å². The van der Waals surface area contributed by atoms with Gasteiger partial charge in [0.2, 0.25) is 0 Å². The van der Waals surface area contributed by atoms with Crippen LogP contribution in [-0.4, -0.2) is 3.81 Å². The maximum Gasteiger partial charge on any atom is -1.00 e. The van der Waals surface area contributed by atoms with Crippen LogP contribution in [0.2, 0.25) is 0 Å². The number of halogens is 2. The van der Waals surface area contributed by atoms with Crippen LogP contribution in [0.5, 0.6) is 0 Å². The van der Waals surface area contributed by atoms with Crippen LogP contribution in [0.3, 0.4) is 0 Å². The van der Waals surface area contributed by atoms with Crippen molar-refractivity contribution in [3.05, 3.63) is 47.6 Å². The topological polar surface area (TPSA) is 0 Å². The molecule has 2 atom stereocenters. The van der Waals surface area contributed by atoms with E-state index in [1.807, 2.05) is 0 Å². The van der Waals surface area contributed by atoms with Crippen LogP contribution >= 0.6 is 0 Å². The van der Waals surface area contributed by atoms with Gasteiger partial charge in [0.15, 0.2) is 0 Å². The Morgan fingerprint density at radius 2 is 1.18 bits per heavy atom. The summed E-state index contributed by atoms with van der Waals surface area (Å²) >= 11 is 2.08. The van der Waals surface area contributed by atoms with Crippen LogP contribution in [0.25, 0.3) is 0 Å². The van der Waals surface area contributed by atoms with E-state index in [1.54, 1.807) is 0 Å². The van der Waals surface area contributed by atoms with E-state index in [-0.39, 0.29) is 24.8 Å². The zero-order valence-electron chi connectivity index (χ0n) is 14.6. The molecule has 0 radical (unpaired) electrons. The number of allylic oxidation sites excluding steroid dienone is 8. The monoisotopic (exact) mass is 374 g/mol. The molecule has 3 heteroatoms. The zero-order valence-corrected chi connectivity index (χ0v) is 17.7. The van der Waals surface area contributed by atoms with E-state index in [0.717, 1.165) is 12.8 Å². The zero-order chi connectivity index (χ0) is 15.5. The molecule has 0 nitrogen and oxygen atoms in total. The molecule has 0 amide bonds. The summed E-state index contributed by atoms with van der Waals surface area (Å²) in [6.07, 6.45) is 17.4. The van der Waals surface area contributed by atoms with E-state index < -0.39 is 0 Å². The average molecular weight is 375 g/mol. The minimum atomic E-state index is 0. The largest absolute Gasteiger partial charge is 1.00 e. The van der Waals surface area contributed by atoms with Gasteiger partial charge in [-0.05, 0) is 0 Å². The first-order chi connectivity index (χ1) is 9.38. The van der Waals surface area contributed by atoms with Crippen molar-refractivity contribution in [2.75, 3.05) is 0 Å². The molecule has 2 unspecified atom stereocenters. The summed E-state index contributed by atoms with van der Waals surface area (Å²) in [6, 6.07) is 0. The van der Waals surface area contributed by atoms with Crippen molar-refractivity contribution in [2.24, 2.45) is 11.8 Å². The number of rotatable bonds is 2. The molecule has 0 saturated heterocycles. The van der Waals surface area contributed by atoms with Crippen LogP contribution in [0, 0.1) is 24.0 Å². The maximum absolute atomic E-state index is 3.20. The Morgan fingerprint density at radius 1 is 0.909 bits per heavy atom. The maximum atomic E-state index is 3.20. The molecule has 0 aromatic heterocycles. The van der Waals surface area contributed by atoms with Crippen molar-refractivity contribution in [1.29, 1.82) is 0 Å². The molecule has 2 aliphatic carbocycles. The van der Waals surface area contributed by atoms with Gasteiger partial charge in [-0.15, -0.1) is 0 Å². The Morgan fingerprint density at radius 3 is 1.27 bits per heavy atom. The van der Waals surface area contributed by atoms with Crippen molar-refractivity contribution in [3.63, 3.8) is 0 Å². The fraction of sp³-hybridized carbons (Fsp3) is 0.526. The quantitative estimate of drug-likeness (QED) is 0.448. The minimum absolute atomic E-state index is 0. The fourth-order valence-electron chi connectivity index (χ4n) is 1.75. The molecule has 22 heavy (non-hydrogen) atoms. The molecule has 0 fully saturated rings. The Hall–Kier alpha value is 0.124. The summed E-state index contributed by atoms with van der Waals surface area (Å²) < 4.78 is 1.42.